The summed E-state index contributed by atoms with van der Waals surface area (Å²) in [7, 11) is 0. The summed E-state index contributed by atoms with van der Waals surface area (Å²) in [4.78, 5) is 37.2. The number of aliphatic carboxylic acids is 2. The first kappa shape index (κ1) is 30.3. The maximum Gasteiger partial charge on any atom is 0.490 e. The van der Waals surface area contributed by atoms with Crippen molar-refractivity contribution >= 4 is 17.8 Å². The molecule has 1 saturated carbocycles. The van der Waals surface area contributed by atoms with Gasteiger partial charge in [0.15, 0.2) is 0 Å². The van der Waals surface area contributed by atoms with Crippen LogP contribution in [0.1, 0.15) is 31.2 Å². The quantitative estimate of drug-likeness (QED) is 0.495. The molecule has 3 atom stereocenters. The Hall–Kier alpha value is -2.94. The molecule has 1 aromatic heterocycles. The lowest BCUT2D eigenvalue weighted by atomic mass is 9.79. The second-order valence-electron chi connectivity index (χ2n) is 8.69. The number of carbonyl (C=O) groups is 3. The van der Waals surface area contributed by atoms with Gasteiger partial charge in [0, 0.05) is 50.6 Å². The van der Waals surface area contributed by atoms with Gasteiger partial charge < -0.3 is 20.3 Å². The van der Waals surface area contributed by atoms with Gasteiger partial charge >= 0.3 is 24.3 Å². The molecule has 2 aliphatic heterocycles. The molecule has 3 aliphatic rings. The van der Waals surface area contributed by atoms with Crippen molar-refractivity contribution < 1.29 is 55.7 Å². The highest BCUT2D eigenvalue weighted by Gasteiger charge is 2.46. The van der Waals surface area contributed by atoms with Crippen molar-refractivity contribution in [1.82, 2.24) is 15.2 Å². The lowest BCUT2D eigenvalue weighted by Crippen LogP contribution is -2.56. The Morgan fingerprint density at radius 1 is 1.03 bits per heavy atom. The van der Waals surface area contributed by atoms with Crippen LogP contribution in [0.3, 0.4) is 0 Å². The summed E-state index contributed by atoms with van der Waals surface area (Å²) in [6, 6.07) is 4.58. The Labute approximate surface area is 207 Å². The Morgan fingerprint density at radius 2 is 1.62 bits per heavy atom. The van der Waals surface area contributed by atoms with Gasteiger partial charge in [-0.2, -0.15) is 26.3 Å². The topological polar surface area (TPSA) is 129 Å². The smallest absolute Gasteiger partial charge is 0.475 e. The largest absolute Gasteiger partial charge is 0.490 e. The minimum absolute atomic E-state index is 0.0634. The molecular weight excluding hydrogens is 516 g/mol. The lowest BCUT2D eigenvalue weighted by molar-refractivity contribution is -0.193. The van der Waals surface area contributed by atoms with Crippen molar-refractivity contribution in [2.24, 2.45) is 11.8 Å². The van der Waals surface area contributed by atoms with Crippen LogP contribution in [-0.2, 0) is 25.7 Å². The summed E-state index contributed by atoms with van der Waals surface area (Å²) in [5.41, 5.74) is 1.05. The predicted molar refractivity (Wildman–Crippen MR) is 114 cm³/mol. The molecule has 208 valence electrons. The fourth-order valence-corrected chi connectivity index (χ4v) is 4.16. The van der Waals surface area contributed by atoms with E-state index in [1.54, 1.807) is 6.20 Å². The number of hydrogen-bond donors (Lipinski definition) is 3. The van der Waals surface area contributed by atoms with Crippen LogP contribution in [0.15, 0.2) is 24.5 Å². The number of carbonyl (C=O) groups excluding carboxylic acids is 1. The zero-order chi connectivity index (χ0) is 27.8. The molecule has 1 amide bonds. The molecule has 0 spiro atoms. The second-order valence-corrected chi connectivity index (χ2v) is 8.69. The highest BCUT2D eigenvalue weighted by Crippen LogP contribution is 2.37. The molecule has 15 heteroatoms. The maximum atomic E-state index is 12.8. The number of aromatic nitrogens is 1. The average molecular weight is 543 g/mol. The van der Waals surface area contributed by atoms with Gasteiger partial charge in [0.2, 0.25) is 5.91 Å². The van der Waals surface area contributed by atoms with Crippen LogP contribution in [-0.4, -0.2) is 82.1 Å². The molecule has 0 radical (unpaired) electrons. The van der Waals surface area contributed by atoms with Crippen LogP contribution >= 0.6 is 0 Å². The zero-order valence-electron chi connectivity index (χ0n) is 19.5. The first-order chi connectivity index (χ1) is 17.2. The molecule has 2 saturated heterocycles. The van der Waals surface area contributed by atoms with Crippen LogP contribution in [0.2, 0.25) is 0 Å². The number of halogens is 6. The first-order valence-corrected chi connectivity index (χ1v) is 11.3. The SMILES string of the molecule is O=C(NCc1cccnc1)[C@@H]1CN(C2CCC2)C[C@H]2OCC[C@H]21.O=C(O)C(F)(F)F.O=C(O)C(F)(F)F. The van der Waals surface area contributed by atoms with Gasteiger partial charge in [-0.15, -0.1) is 0 Å². The summed E-state index contributed by atoms with van der Waals surface area (Å²) in [6.07, 6.45) is -1.45. The number of likely N-dealkylation sites (tertiary alicyclic amines) is 1. The van der Waals surface area contributed by atoms with E-state index in [2.05, 4.69) is 15.2 Å². The Balaban J connectivity index is 0.000000286. The summed E-state index contributed by atoms with van der Waals surface area (Å²) < 4.78 is 69.4. The maximum absolute atomic E-state index is 12.8. The van der Waals surface area contributed by atoms with Gasteiger partial charge in [0.05, 0.1) is 12.0 Å². The molecule has 3 N–H and O–H groups in total. The number of amides is 1. The van der Waals surface area contributed by atoms with Crippen LogP contribution in [0.25, 0.3) is 0 Å². The number of nitrogens with zero attached hydrogens (tertiary/aromatic N) is 2. The van der Waals surface area contributed by atoms with Crippen LogP contribution in [0.4, 0.5) is 26.3 Å². The summed E-state index contributed by atoms with van der Waals surface area (Å²) in [5, 5.41) is 17.4. The second kappa shape index (κ2) is 13.0. The normalized spacial score (nSPS) is 23.8. The minimum atomic E-state index is -5.08. The van der Waals surface area contributed by atoms with Gasteiger partial charge in [-0.25, -0.2) is 9.59 Å². The van der Waals surface area contributed by atoms with Crippen LogP contribution in [0, 0.1) is 11.8 Å². The molecule has 0 unspecified atom stereocenters. The molecule has 0 aromatic carbocycles. The Kier molecular flexibility index (Phi) is 10.7. The third-order valence-electron chi connectivity index (χ3n) is 6.23. The highest BCUT2D eigenvalue weighted by atomic mass is 19.4. The molecule has 9 nitrogen and oxygen atoms in total. The first-order valence-electron chi connectivity index (χ1n) is 11.3. The van der Waals surface area contributed by atoms with E-state index in [4.69, 9.17) is 24.5 Å². The van der Waals surface area contributed by atoms with E-state index in [1.807, 2.05) is 18.3 Å². The lowest BCUT2D eigenvalue weighted by Gasteiger charge is -2.46. The van der Waals surface area contributed by atoms with Gasteiger partial charge in [-0.3, -0.25) is 14.7 Å². The molecular formula is C22H27F6N3O6. The molecule has 1 aliphatic carbocycles. The fourth-order valence-electron chi connectivity index (χ4n) is 4.16. The Morgan fingerprint density at radius 3 is 2.08 bits per heavy atom. The summed E-state index contributed by atoms with van der Waals surface area (Å²) >= 11 is 0. The minimum Gasteiger partial charge on any atom is -0.475 e. The highest BCUT2D eigenvalue weighted by molar-refractivity contribution is 5.79. The summed E-state index contributed by atoms with van der Waals surface area (Å²) in [6.45, 7) is 3.28. The average Bonchev–Trinajstić information content (AvgIpc) is 3.25. The number of carboxylic acids is 2. The predicted octanol–water partition coefficient (Wildman–Crippen LogP) is 2.85. The molecule has 1 aromatic rings. The van der Waals surface area contributed by atoms with Gasteiger partial charge in [0.1, 0.15) is 0 Å². The van der Waals surface area contributed by atoms with Crippen molar-refractivity contribution in [2.45, 2.75) is 56.7 Å². The van der Waals surface area contributed by atoms with Crippen molar-refractivity contribution in [3.8, 4) is 0 Å². The molecule has 3 fully saturated rings. The number of carboxylic acid groups (broad SMARTS) is 2. The number of piperidine rings is 1. The van der Waals surface area contributed by atoms with Gasteiger partial charge in [0.25, 0.3) is 0 Å². The number of alkyl halides is 6. The van der Waals surface area contributed by atoms with Gasteiger partial charge in [-0.1, -0.05) is 12.5 Å². The standard InChI is InChI=1S/C18H25N3O2.2C2HF3O2/c22-18(20-10-13-3-2-7-19-9-13)16-11-21(14-4-1-5-14)12-17-15(16)6-8-23-17;2*3-2(4,5)1(6)7/h2-3,7,9,14-17H,1,4-6,8,10-12H2,(H,20,22);2*(H,6,7)/t15-,16+,17+;;/m0../s1. The van der Waals surface area contributed by atoms with E-state index < -0.39 is 24.3 Å². The van der Waals surface area contributed by atoms with E-state index in [0.29, 0.717) is 18.5 Å². The van der Waals surface area contributed by atoms with E-state index in [-0.39, 0.29) is 17.9 Å². The van der Waals surface area contributed by atoms with Crippen LogP contribution in [0.5, 0.6) is 0 Å². The number of fused-ring (bicyclic) bond motifs is 1. The van der Waals surface area contributed by atoms with Crippen molar-refractivity contribution in [2.75, 3.05) is 19.7 Å². The summed E-state index contributed by atoms with van der Waals surface area (Å²) in [5.74, 6) is -4.88. The third-order valence-corrected chi connectivity index (χ3v) is 6.23. The fraction of sp³-hybridized carbons (Fsp3) is 0.636. The van der Waals surface area contributed by atoms with Crippen LogP contribution < -0.4 is 5.32 Å². The van der Waals surface area contributed by atoms with Crippen molar-refractivity contribution in [3.05, 3.63) is 30.1 Å². The van der Waals surface area contributed by atoms with E-state index in [9.17, 15) is 31.1 Å². The van der Waals surface area contributed by atoms with Gasteiger partial charge in [-0.05, 0) is 30.9 Å². The number of hydrogen-bond acceptors (Lipinski definition) is 6. The molecule has 0 bridgehead atoms. The van der Waals surface area contributed by atoms with Crippen molar-refractivity contribution in [3.63, 3.8) is 0 Å². The number of pyridine rings is 1. The third kappa shape index (κ3) is 9.46. The molecule has 37 heavy (non-hydrogen) atoms. The van der Waals surface area contributed by atoms with E-state index in [0.717, 1.165) is 31.7 Å². The van der Waals surface area contributed by atoms with Crippen molar-refractivity contribution in [1.29, 1.82) is 0 Å². The monoisotopic (exact) mass is 543 g/mol. The molecule has 3 heterocycles. The van der Waals surface area contributed by atoms with E-state index >= 15 is 0 Å². The Bertz CT molecular complexity index is 886. The molecule has 4 rings (SSSR count). The number of rotatable bonds is 4. The van der Waals surface area contributed by atoms with E-state index in [1.165, 1.54) is 19.3 Å². The number of ether oxygens (including phenoxy) is 1. The zero-order valence-corrected chi connectivity index (χ0v) is 19.5. The number of nitrogens with one attached hydrogen (secondary N) is 1.